The van der Waals surface area contributed by atoms with Crippen LogP contribution in [0.4, 0.5) is 0 Å². The molecule has 5 unspecified atom stereocenters. The van der Waals surface area contributed by atoms with E-state index in [0.717, 1.165) is 167 Å². The third kappa shape index (κ3) is 80.3. The molecule has 0 spiro atoms. The van der Waals surface area contributed by atoms with Crippen molar-refractivity contribution in [3.8, 4) is 0 Å². The van der Waals surface area contributed by atoms with Crippen LogP contribution in [0.15, 0.2) is 146 Å². The van der Waals surface area contributed by atoms with Gasteiger partial charge in [0, 0.05) is 19.3 Å². The number of esters is 3. The van der Waals surface area contributed by atoms with E-state index in [1.54, 1.807) is 0 Å². The van der Waals surface area contributed by atoms with Gasteiger partial charge < -0.3 is 34.2 Å². The number of phosphoric ester groups is 2. The largest absolute Gasteiger partial charge is 0.472 e. The summed E-state index contributed by atoms with van der Waals surface area (Å²) < 4.78 is 61.2. The van der Waals surface area contributed by atoms with E-state index in [2.05, 4.69) is 167 Å². The molecule has 0 aliphatic carbocycles. The van der Waals surface area contributed by atoms with Crippen molar-refractivity contribution in [3.63, 3.8) is 0 Å². The van der Waals surface area contributed by atoms with Crippen molar-refractivity contribution in [2.45, 2.75) is 347 Å². The van der Waals surface area contributed by atoms with E-state index in [1.807, 2.05) is 0 Å². The Kier molecular flexibility index (Phi) is 75.6. The van der Waals surface area contributed by atoms with Crippen molar-refractivity contribution in [2.75, 3.05) is 39.6 Å². The molecule has 4 N–H and O–H groups in total. The van der Waals surface area contributed by atoms with Gasteiger partial charge in [-0.3, -0.25) is 32.5 Å². The maximum Gasteiger partial charge on any atom is 0.472 e. The molecule has 0 radical (unpaired) electrons. The van der Waals surface area contributed by atoms with Crippen LogP contribution in [0.25, 0.3) is 0 Å². The third-order valence-corrected chi connectivity index (χ3v) is 18.9. The summed E-state index contributed by atoms with van der Waals surface area (Å²) in [4.78, 5) is 58.7. The summed E-state index contributed by atoms with van der Waals surface area (Å²) in [6, 6.07) is 0. The molecule has 5 atom stereocenters. The molecule has 602 valence electrons. The van der Waals surface area contributed by atoms with Gasteiger partial charge in [0.25, 0.3) is 0 Å². The minimum absolute atomic E-state index is 0.0810. The number of rotatable bonds is 77. The molecular formula is C87H148O16P2. The summed E-state index contributed by atoms with van der Waals surface area (Å²) in [6.07, 6.45) is 97.5. The lowest BCUT2D eigenvalue weighted by Crippen LogP contribution is -2.30. The number of hydrogen-bond acceptors (Lipinski definition) is 14. The molecule has 16 nitrogen and oxygen atoms in total. The Morgan fingerprint density at radius 1 is 0.276 bits per heavy atom. The van der Waals surface area contributed by atoms with Crippen LogP contribution in [0.2, 0.25) is 0 Å². The number of unbranched alkanes of at least 4 members (excludes halogenated alkanes) is 30. The van der Waals surface area contributed by atoms with Crippen LogP contribution in [0.1, 0.15) is 329 Å². The highest BCUT2D eigenvalue weighted by atomic mass is 31.2. The number of allylic oxidation sites excluding steroid dienone is 24. The molecule has 0 amide bonds. The van der Waals surface area contributed by atoms with Crippen LogP contribution in [0.3, 0.4) is 0 Å². The fraction of sp³-hybridized carbons (Fsp3) is 0.690. The van der Waals surface area contributed by atoms with Crippen molar-refractivity contribution < 1.29 is 75.8 Å². The van der Waals surface area contributed by atoms with Crippen molar-refractivity contribution in [1.29, 1.82) is 0 Å². The van der Waals surface area contributed by atoms with Crippen LogP contribution >= 0.6 is 15.6 Å². The second-order valence-electron chi connectivity index (χ2n) is 27.2. The van der Waals surface area contributed by atoms with E-state index in [-0.39, 0.29) is 19.3 Å². The lowest BCUT2D eigenvalue weighted by atomic mass is 10.0. The van der Waals surface area contributed by atoms with E-state index in [9.17, 15) is 43.5 Å². The quantitative estimate of drug-likeness (QED) is 0.0146. The number of carbonyl (C=O) groups excluding carboxylic acids is 3. The van der Waals surface area contributed by atoms with E-state index in [0.29, 0.717) is 19.3 Å². The van der Waals surface area contributed by atoms with Gasteiger partial charge in [0.2, 0.25) is 0 Å². The fourth-order valence-electron chi connectivity index (χ4n) is 10.8. The van der Waals surface area contributed by atoms with Crippen LogP contribution in [0.5, 0.6) is 0 Å². The molecule has 0 aromatic rings. The second kappa shape index (κ2) is 79.0. The van der Waals surface area contributed by atoms with Crippen LogP contribution < -0.4 is 0 Å². The maximum absolute atomic E-state index is 13.0. The highest BCUT2D eigenvalue weighted by Gasteiger charge is 2.29. The molecule has 0 saturated carbocycles. The first kappa shape index (κ1) is 100. The maximum atomic E-state index is 13.0. The highest BCUT2D eigenvalue weighted by molar-refractivity contribution is 7.47. The summed E-state index contributed by atoms with van der Waals surface area (Å²) >= 11 is 0. The number of aliphatic hydroxyl groups excluding tert-OH is 2. The minimum Gasteiger partial charge on any atom is -0.463 e. The molecule has 0 aliphatic heterocycles. The minimum atomic E-state index is -4.94. The molecule has 0 fully saturated rings. The van der Waals surface area contributed by atoms with Gasteiger partial charge >= 0.3 is 33.6 Å². The predicted octanol–water partition coefficient (Wildman–Crippen LogP) is 24.4. The molecule has 0 aromatic carbocycles. The Morgan fingerprint density at radius 3 is 0.800 bits per heavy atom. The molecule has 0 heterocycles. The Morgan fingerprint density at radius 2 is 0.505 bits per heavy atom. The van der Waals surface area contributed by atoms with Gasteiger partial charge in [-0.1, -0.05) is 314 Å². The molecule has 0 bridgehead atoms. The zero-order chi connectivity index (χ0) is 76.6. The Bertz CT molecular complexity index is 2490. The molecule has 0 saturated heterocycles. The normalized spacial score (nSPS) is 14.7. The highest BCUT2D eigenvalue weighted by Crippen LogP contribution is 2.45. The van der Waals surface area contributed by atoms with Gasteiger partial charge in [-0.15, -0.1) is 0 Å². The zero-order valence-corrected chi connectivity index (χ0v) is 67.6. The van der Waals surface area contributed by atoms with Gasteiger partial charge in [0.05, 0.1) is 26.4 Å². The van der Waals surface area contributed by atoms with Crippen molar-refractivity contribution in [1.82, 2.24) is 0 Å². The van der Waals surface area contributed by atoms with Crippen molar-refractivity contribution in [3.05, 3.63) is 146 Å². The van der Waals surface area contributed by atoms with E-state index >= 15 is 0 Å². The molecule has 18 heteroatoms. The van der Waals surface area contributed by atoms with Gasteiger partial charge in [-0.2, -0.15) is 0 Å². The van der Waals surface area contributed by atoms with Gasteiger partial charge in [-0.25, -0.2) is 9.13 Å². The van der Waals surface area contributed by atoms with E-state index in [4.69, 9.17) is 32.3 Å². The molecule has 0 rings (SSSR count). The van der Waals surface area contributed by atoms with E-state index < -0.39 is 91.5 Å². The average molecular weight is 1510 g/mol. The van der Waals surface area contributed by atoms with Gasteiger partial charge in [-0.05, 0) is 141 Å². The average Bonchev–Trinajstić information content (AvgIpc) is 0.915. The molecular weight excluding hydrogens is 1360 g/mol. The first-order valence-electron chi connectivity index (χ1n) is 41.1. The lowest BCUT2D eigenvalue weighted by Gasteiger charge is -2.21. The number of hydrogen-bond donors (Lipinski definition) is 4. The Balaban J connectivity index is 4.55. The number of ether oxygens (including phenoxy) is 3. The van der Waals surface area contributed by atoms with Crippen LogP contribution in [-0.4, -0.2) is 95.9 Å². The van der Waals surface area contributed by atoms with Crippen molar-refractivity contribution >= 4 is 33.6 Å². The van der Waals surface area contributed by atoms with Gasteiger partial charge in [0.15, 0.2) is 6.10 Å². The first-order valence-corrected chi connectivity index (χ1v) is 44.1. The number of aliphatic hydroxyl groups is 2. The summed E-state index contributed by atoms with van der Waals surface area (Å²) in [5.41, 5.74) is 0. The number of carbonyl (C=O) groups is 3. The number of phosphoric acid groups is 2. The summed E-state index contributed by atoms with van der Waals surface area (Å²) in [6.45, 7) is 2.41. The standard InChI is InChI=1S/C87H148O16P2/c1-4-7-10-13-16-19-22-25-28-31-34-35-36-37-38-39-40-41-42-43-44-45-48-50-52-55-58-61-64-67-70-73-85(90)97-76-82(88)77-99-104(93,94)100-78-83(89)79-101-105(95,96)102-81-84(103-87(92)75-72-69-66-63-60-57-54-51-47-33-30-27-24-21-18-15-12-9-6-3)80-98-86(91)74-71-68-65-62-59-56-53-49-46-32-29-26-23-20-17-14-11-8-5-2/h8-9,11-12,16-21,25-30,34-35,37-38,46-47,49,51,82-84,88-89H,4-7,10,13-15,22-24,31-33,36,39-45,48,50,52-81H2,1-3H3,(H,93,94)(H,95,96)/b11-8-,12-9-,19-16-,20-17-,21-18-,28-25-,29-26-,30-27-,35-34-,38-37-,49-46-,51-47-. The zero-order valence-electron chi connectivity index (χ0n) is 65.9. The molecule has 0 aromatic heterocycles. The second-order valence-corrected chi connectivity index (χ2v) is 30.1. The van der Waals surface area contributed by atoms with Crippen LogP contribution in [-0.2, 0) is 55.8 Å². The van der Waals surface area contributed by atoms with Gasteiger partial charge in [0.1, 0.15) is 25.4 Å². The summed E-state index contributed by atoms with van der Waals surface area (Å²) in [5.74, 6) is -1.61. The first-order chi connectivity index (χ1) is 51.2. The van der Waals surface area contributed by atoms with Crippen molar-refractivity contribution in [2.24, 2.45) is 0 Å². The predicted molar refractivity (Wildman–Crippen MR) is 436 cm³/mol. The summed E-state index contributed by atoms with van der Waals surface area (Å²) in [5, 5.41) is 20.7. The Labute approximate surface area is 638 Å². The van der Waals surface area contributed by atoms with E-state index in [1.165, 1.54) is 103 Å². The monoisotopic (exact) mass is 1510 g/mol. The molecule has 105 heavy (non-hydrogen) atoms. The third-order valence-electron chi connectivity index (χ3n) is 17.0. The smallest absolute Gasteiger partial charge is 0.463 e. The summed E-state index contributed by atoms with van der Waals surface area (Å²) in [7, 11) is -9.81. The fourth-order valence-corrected chi connectivity index (χ4v) is 12.4. The SMILES string of the molecule is CC/C=C\C/C=C\C/C=C\C/C=C\CCCCCCCCC(=O)OCC(COP(=O)(O)OCC(O)COP(=O)(O)OCC(O)COC(=O)CCCCCCCCCCCCCCCCC/C=C\C/C=C\C/C=C\C/C=C\CCCCC)OC(=O)CCCCCCCC/C=C\C/C=C\C/C=C\C/C=C\CC. The lowest BCUT2D eigenvalue weighted by molar-refractivity contribution is -0.161. The molecule has 0 aliphatic rings. The topological polar surface area (TPSA) is 231 Å². The Hall–Kier alpha value is -4.57. The van der Waals surface area contributed by atoms with Crippen LogP contribution in [0, 0.1) is 0 Å².